The molecule has 1 aromatic carbocycles. The Hall–Kier alpha value is -3.09. The number of nitrogens with one attached hydrogen (secondary N) is 1. The Morgan fingerprint density at radius 3 is 2.67 bits per heavy atom. The van der Waals surface area contributed by atoms with E-state index in [2.05, 4.69) is 5.32 Å². The van der Waals surface area contributed by atoms with Crippen LogP contribution >= 0.6 is 0 Å². The molecule has 124 valence electrons. The fourth-order valence-electron chi connectivity index (χ4n) is 2.37. The minimum absolute atomic E-state index is 0.117. The first-order valence-electron chi connectivity index (χ1n) is 7.40. The van der Waals surface area contributed by atoms with Crippen molar-refractivity contribution in [1.29, 1.82) is 0 Å². The zero-order chi connectivity index (χ0) is 17.1. The van der Waals surface area contributed by atoms with E-state index in [1.807, 2.05) is 0 Å². The number of carbonyl (C=O) groups is 3. The predicted molar refractivity (Wildman–Crippen MR) is 82.5 cm³/mol. The molecule has 7 nitrogen and oxygen atoms in total. The van der Waals surface area contributed by atoms with Crippen molar-refractivity contribution in [2.24, 2.45) is 0 Å². The van der Waals surface area contributed by atoms with Crippen molar-refractivity contribution in [1.82, 2.24) is 0 Å². The maximum absolute atomic E-state index is 12.3. The molecule has 0 saturated carbocycles. The lowest BCUT2D eigenvalue weighted by Crippen LogP contribution is -2.23. The standard InChI is InChI=1S/C17H15NO6/c1-10-9-14(17(21)23-10)24-16(20)11-5-2-3-6-12(11)18-15(19)13-7-4-8-22-13/h2-8,10,14H,9H2,1H3,(H,18,19). The van der Waals surface area contributed by atoms with Gasteiger partial charge in [0.05, 0.1) is 17.5 Å². The molecule has 2 aromatic rings. The van der Waals surface area contributed by atoms with E-state index in [9.17, 15) is 14.4 Å². The second kappa shape index (κ2) is 6.57. The molecule has 0 aliphatic carbocycles. The highest BCUT2D eigenvalue weighted by atomic mass is 16.6. The third-order valence-corrected chi connectivity index (χ3v) is 3.52. The quantitative estimate of drug-likeness (QED) is 0.866. The van der Waals surface area contributed by atoms with Crippen LogP contribution in [0.3, 0.4) is 0 Å². The molecule has 1 saturated heterocycles. The predicted octanol–water partition coefficient (Wildman–Crippen LogP) is 2.39. The topological polar surface area (TPSA) is 94.8 Å². The monoisotopic (exact) mass is 329 g/mol. The van der Waals surface area contributed by atoms with Crippen LogP contribution in [0.4, 0.5) is 5.69 Å². The van der Waals surface area contributed by atoms with Crippen LogP contribution in [-0.4, -0.2) is 30.1 Å². The number of benzene rings is 1. The molecular formula is C17H15NO6. The van der Waals surface area contributed by atoms with Gasteiger partial charge in [-0.15, -0.1) is 0 Å². The first kappa shape index (κ1) is 15.8. The Morgan fingerprint density at radius 1 is 1.21 bits per heavy atom. The van der Waals surface area contributed by atoms with Crippen molar-refractivity contribution in [3.63, 3.8) is 0 Å². The minimum atomic E-state index is -0.929. The van der Waals surface area contributed by atoms with E-state index in [0.717, 1.165) is 0 Å². The van der Waals surface area contributed by atoms with Crippen molar-refractivity contribution < 1.29 is 28.3 Å². The van der Waals surface area contributed by atoms with E-state index in [1.54, 1.807) is 31.2 Å². The van der Waals surface area contributed by atoms with E-state index in [0.29, 0.717) is 6.42 Å². The Bertz CT molecular complexity index is 767. The van der Waals surface area contributed by atoms with Gasteiger partial charge in [-0.05, 0) is 31.2 Å². The Labute approximate surface area is 137 Å². The number of furan rings is 1. The summed E-state index contributed by atoms with van der Waals surface area (Å²) < 4.78 is 15.2. The summed E-state index contributed by atoms with van der Waals surface area (Å²) in [5.74, 6) is -1.64. The molecule has 3 rings (SSSR count). The lowest BCUT2D eigenvalue weighted by molar-refractivity contribution is -0.147. The van der Waals surface area contributed by atoms with E-state index < -0.39 is 23.9 Å². The lowest BCUT2D eigenvalue weighted by atomic mass is 10.1. The highest BCUT2D eigenvalue weighted by Crippen LogP contribution is 2.22. The SMILES string of the molecule is CC1CC(OC(=O)c2ccccc2NC(=O)c2ccco2)C(=O)O1. The molecule has 0 radical (unpaired) electrons. The van der Waals surface area contributed by atoms with Crippen LogP contribution in [0.1, 0.15) is 34.3 Å². The van der Waals surface area contributed by atoms with Crippen LogP contribution in [-0.2, 0) is 14.3 Å². The van der Waals surface area contributed by atoms with Gasteiger partial charge in [-0.2, -0.15) is 0 Å². The highest BCUT2D eigenvalue weighted by molar-refractivity contribution is 6.06. The molecule has 1 amide bonds. The second-order valence-electron chi connectivity index (χ2n) is 5.35. The fourth-order valence-corrected chi connectivity index (χ4v) is 2.37. The number of cyclic esters (lactones) is 1. The number of ether oxygens (including phenoxy) is 2. The molecular weight excluding hydrogens is 314 g/mol. The van der Waals surface area contributed by atoms with Crippen molar-refractivity contribution >= 4 is 23.5 Å². The fraction of sp³-hybridized carbons (Fsp3) is 0.235. The molecule has 2 heterocycles. The molecule has 7 heteroatoms. The second-order valence-corrected chi connectivity index (χ2v) is 5.35. The molecule has 2 atom stereocenters. The number of esters is 2. The van der Waals surface area contributed by atoms with E-state index >= 15 is 0 Å². The Kier molecular flexibility index (Phi) is 4.33. The highest BCUT2D eigenvalue weighted by Gasteiger charge is 2.35. The van der Waals surface area contributed by atoms with Gasteiger partial charge < -0.3 is 19.2 Å². The summed E-state index contributed by atoms with van der Waals surface area (Å²) in [6.45, 7) is 1.73. The maximum Gasteiger partial charge on any atom is 0.347 e. The van der Waals surface area contributed by atoms with E-state index in [-0.39, 0.29) is 23.1 Å². The van der Waals surface area contributed by atoms with Gasteiger partial charge in [0.15, 0.2) is 5.76 Å². The first-order chi connectivity index (χ1) is 11.5. The van der Waals surface area contributed by atoms with Gasteiger partial charge in [0.25, 0.3) is 5.91 Å². The van der Waals surface area contributed by atoms with Crippen molar-refractivity contribution in [2.75, 3.05) is 5.32 Å². The molecule has 2 unspecified atom stereocenters. The lowest BCUT2D eigenvalue weighted by Gasteiger charge is -2.12. The number of para-hydroxylation sites is 1. The van der Waals surface area contributed by atoms with Gasteiger partial charge in [-0.1, -0.05) is 12.1 Å². The Balaban J connectivity index is 1.75. The van der Waals surface area contributed by atoms with Crippen molar-refractivity contribution in [3.05, 3.63) is 54.0 Å². The van der Waals surface area contributed by atoms with Crippen molar-refractivity contribution in [3.8, 4) is 0 Å². The first-order valence-corrected chi connectivity index (χ1v) is 7.40. The van der Waals surface area contributed by atoms with Crippen LogP contribution in [0.2, 0.25) is 0 Å². The van der Waals surface area contributed by atoms with Crippen LogP contribution in [0, 0.1) is 0 Å². The number of anilines is 1. The van der Waals surface area contributed by atoms with Crippen LogP contribution < -0.4 is 5.32 Å². The zero-order valence-electron chi connectivity index (χ0n) is 12.9. The van der Waals surface area contributed by atoms with Gasteiger partial charge in [-0.3, -0.25) is 4.79 Å². The van der Waals surface area contributed by atoms with Gasteiger partial charge in [0.1, 0.15) is 6.10 Å². The maximum atomic E-state index is 12.3. The molecule has 1 aliphatic heterocycles. The van der Waals surface area contributed by atoms with Crippen LogP contribution in [0.25, 0.3) is 0 Å². The van der Waals surface area contributed by atoms with Crippen LogP contribution in [0.5, 0.6) is 0 Å². The number of rotatable bonds is 4. The number of carbonyl (C=O) groups excluding carboxylic acids is 3. The van der Waals surface area contributed by atoms with Crippen LogP contribution in [0.15, 0.2) is 47.1 Å². The van der Waals surface area contributed by atoms with Gasteiger partial charge in [0.2, 0.25) is 6.10 Å². The van der Waals surface area contributed by atoms with E-state index in [1.165, 1.54) is 18.4 Å². The summed E-state index contributed by atoms with van der Waals surface area (Å²) in [6, 6.07) is 9.46. The summed E-state index contributed by atoms with van der Waals surface area (Å²) in [7, 11) is 0. The summed E-state index contributed by atoms with van der Waals surface area (Å²) in [5.41, 5.74) is 0.410. The molecule has 1 aromatic heterocycles. The Morgan fingerprint density at radius 2 is 2.00 bits per heavy atom. The normalized spacial score (nSPS) is 19.6. The number of hydrogen-bond donors (Lipinski definition) is 1. The van der Waals surface area contributed by atoms with E-state index in [4.69, 9.17) is 13.9 Å². The smallest absolute Gasteiger partial charge is 0.347 e. The van der Waals surface area contributed by atoms with Gasteiger partial charge >= 0.3 is 11.9 Å². The third-order valence-electron chi connectivity index (χ3n) is 3.52. The summed E-state index contributed by atoms with van der Waals surface area (Å²) >= 11 is 0. The molecule has 0 bridgehead atoms. The van der Waals surface area contributed by atoms with Gasteiger partial charge in [0, 0.05) is 6.42 Å². The summed E-state index contributed by atoms with van der Waals surface area (Å²) in [6.07, 6.45) is 0.471. The molecule has 0 spiro atoms. The molecule has 1 N–H and O–H groups in total. The summed E-state index contributed by atoms with van der Waals surface area (Å²) in [5, 5.41) is 2.59. The number of hydrogen-bond acceptors (Lipinski definition) is 6. The molecule has 1 aliphatic rings. The third kappa shape index (κ3) is 3.29. The largest absolute Gasteiger partial charge is 0.460 e. The number of amides is 1. The zero-order valence-corrected chi connectivity index (χ0v) is 12.9. The average molecular weight is 329 g/mol. The van der Waals surface area contributed by atoms with Crippen molar-refractivity contribution in [2.45, 2.75) is 25.6 Å². The summed E-state index contributed by atoms with van der Waals surface area (Å²) in [4.78, 5) is 36.0. The average Bonchev–Trinajstić information content (AvgIpc) is 3.18. The molecule has 1 fully saturated rings. The molecule has 24 heavy (non-hydrogen) atoms. The minimum Gasteiger partial charge on any atom is -0.460 e. The van der Waals surface area contributed by atoms with Gasteiger partial charge in [-0.25, -0.2) is 9.59 Å².